The number of nitrogens with one attached hydrogen (secondary N) is 2. The molecule has 1 aliphatic heterocycles. The number of hydrogen-bond acceptors (Lipinski definition) is 4. The predicted molar refractivity (Wildman–Crippen MR) is 80.2 cm³/mol. The summed E-state index contributed by atoms with van der Waals surface area (Å²) in [5.41, 5.74) is 0.752. The van der Waals surface area contributed by atoms with Gasteiger partial charge in [0, 0.05) is 31.7 Å². The summed E-state index contributed by atoms with van der Waals surface area (Å²) in [6.07, 6.45) is 3.98. The summed E-state index contributed by atoms with van der Waals surface area (Å²) in [6, 6.07) is 0.111. The van der Waals surface area contributed by atoms with Crippen molar-refractivity contribution in [1.82, 2.24) is 15.1 Å². The van der Waals surface area contributed by atoms with Crippen molar-refractivity contribution in [2.75, 3.05) is 25.1 Å². The van der Waals surface area contributed by atoms with Crippen LogP contribution in [0.25, 0.3) is 0 Å². The first kappa shape index (κ1) is 16.9. The van der Waals surface area contributed by atoms with Crippen molar-refractivity contribution in [2.45, 2.75) is 32.9 Å². The number of rotatable bonds is 5. The van der Waals surface area contributed by atoms with Gasteiger partial charge in [0.2, 0.25) is 5.91 Å². The average Bonchev–Trinajstić information content (AvgIpc) is 2.76. The molecule has 1 aromatic heterocycles. The van der Waals surface area contributed by atoms with Gasteiger partial charge in [-0.1, -0.05) is 13.8 Å². The second-order valence-electron chi connectivity index (χ2n) is 5.32. The van der Waals surface area contributed by atoms with E-state index in [0.717, 1.165) is 25.4 Å². The maximum Gasteiger partial charge on any atom is 0.226 e. The van der Waals surface area contributed by atoms with Gasteiger partial charge in [-0.3, -0.25) is 9.48 Å². The second kappa shape index (κ2) is 8.24. The van der Waals surface area contributed by atoms with E-state index in [1.807, 2.05) is 10.9 Å². The zero-order valence-corrected chi connectivity index (χ0v) is 12.8. The first-order chi connectivity index (χ1) is 9.13. The number of halogens is 1. The molecule has 6 nitrogen and oxygen atoms in total. The average molecular weight is 303 g/mol. The van der Waals surface area contributed by atoms with Crippen molar-refractivity contribution in [3.8, 4) is 0 Å². The molecule has 0 aliphatic carbocycles. The monoisotopic (exact) mass is 302 g/mol. The van der Waals surface area contributed by atoms with Crippen LogP contribution >= 0.6 is 12.4 Å². The number of hydrogen-bond donors (Lipinski definition) is 2. The minimum Gasteiger partial charge on any atom is -0.378 e. The maximum atomic E-state index is 11.9. The normalized spacial score (nSPS) is 18.6. The van der Waals surface area contributed by atoms with Crippen molar-refractivity contribution >= 4 is 24.0 Å². The van der Waals surface area contributed by atoms with Crippen LogP contribution in [-0.4, -0.2) is 41.5 Å². The molecule has 1 unspecified atom stereocenters. The summed E-state index contributed by atoms with van der Waals surface area (Å²) in [7, 11) is 0. The van der Waals surface area contributed by atoms with E-state index in [9.17, 15) is 4.79 Å². The molecule has 114 valence electrons. The molecule has 2 N–H and O–H groups in total. The van der Waals surface area contributed by atoms with E-state index in [1.165, 1.54) is 0 Å². The zero-order chi connectivity index (χ0) is 13.7. The Hall–Kier alpha value is -1.11. The van der Waals surface area contributed by atoms with Crippen LogP contribution in [0.4, 0.5) is 5.69 Å². The van der Waals surface area contributed by atoms with E-state index in [-0.39, 0.29) is 24.4 Å². The predicted octanol–water partition coefficient (Wildman–Crippen LogP) is 1.28. The number of ether oxygens (including phenoxy) is 1. The molecule has 1 aliphatic rings. The lowest BCUT2D eigenvalue weighted by atomic mass is 10.2. The molecule has 0 radical (unpaired) electrons. The lowest BCUT2D eigenvalue weighted by molar-refractivity contribution is -0.117. The van der Waals surface area contributed by atoms with Gasteiger partial charge in [-0.15, -0.1) is 12.4 Å². The van der Waals surface area contributed by atoms with E-state index in [2.05, 4.69) is 29.6 Å². The molecule has 1 amide bonds. The van der Waals surface area contributed by atoms with E-state index in [1.54, 1.807) is 6.20 Å². The topological polar surface area (TPSA) is 68.2 Å². The Bertz CT molecular complexity index is 416. The van der Waals surface area contributed by atoms with Gasteiger partial charge in [-0.25, -0.2) is 0 Å². The summed E-state index contributed by atoms with van der Waals surface area (Å²) < 4.78 is 7.17. The summed E-state index contributed by atoms with van der Waals surface area (Å²) >= 11 is 0. The number of carbonyl (C=O) groups excluding carboxylic acids is 1. The Balaban J connectivity index is 0.00000200. The van der Waals surface area contributed by atoms with E-state index in [0.29, 0.717) is 18.9 Å². The van der Waals surface area contributed by atoms with Crippen LogP contribution in [0.5, 0.6) is 0 Å². The summed E-state index contributed by atoms with van der Waals surface area (Å²) in [5, 5.41) is 10.3. The third-order valence-corrected chi connectivity index (χ3v) is 2.90. The molecule has 2 heterocycles. The quantitative estimate of drug-likeness (QED) is 0.860. The van der Waals surface area contributed by atoms with Crippen LogP contribution < -0.4 is 10.6 Å². The van der Waals surface area contributed by atoms with Crippen LogP contribution in [0.15, 0.2) is 12.4 Å². The second-order valence-corrected chi connectivity index (χ2v) is 5.32. The van der Waals surface area contributed by atoms with Gasteiger partial charge in [0.1, 0.15) is 0 Å². The number of anilines is 1. The minimum absolute atomic E-state index is 0. The molecule has 1 aromatic rings. The van der Waals surface area contributed by atoms with Crippen molar-refractivity contribution in [3.63, 3.8) is 0 Å². The van der Waals surface area contributed by atoms with Crippen molar-refractivity contribution in [3.05, 3.63) is 12.4 Å². The highest BCUT2D eigenvalue weighted by atomic mass is 35.5. The SMILES string of the molecule is CC(C)Cn1cc(NC(=O)CC2COCCN2)cn1.Cl. The third-order valence-electron chi connectivity index (χ3n) is 2.90. The van der Waals surface area contributed by atoms with Crippen LogP contribution in [0, 0.1) is 5.92 Å². The van der Waals surface area contributed by atoms with E-state index < -0.39 is 0 Å². The van der Waals surface area contributed by atoms with Gasteiger partial charge in [-0.05, 0) is 5.92 Å². The number of amides is 1. The van der Waals surface area contributed by atoms with Crippen LogP contribution in [0.2, 0.25) is 0 Å². The summed E-state index contributed by atoms with van der Waals surface area (Å²) in [4.78, 5) is 11.9. The smallest absolute Gasteiger partial charge is 0.226 e. The Labute approximate surface area is 125 Å². The first-order valence-corrected chi connectivity index (χ1v) is 6.77. The number of aromatic nitrogens is 2. The van der Waals surface area contributed by atoms with Gasteiger partial charge in [0.15, 0.2) is 0 Å². The number of nitrogens with zero attached hydrogens (tertiary/aromatic N) is 2. The highest BCUT2D eigenvalue weighted by molar-refractivity contribution is 5.90. The Morgan fingerprint density at radius 1 is 1.65 bits per heavy atom. The molecule has 0 spiro atoms. The van der Waals surface area contributed by atoms with Gasteiger partial charge in [0.05, 0.1) is 25.1 Å². The maximum absolute atomic E-state index is 11.9. The Morgan fingerprint density at radius 2 is 2.45 bits per heavy atom. The van der Waals surface area contributed by atoms with Gasteiger partial charge >= 0.3 is 0 Å². The molecule has 0 bridgehead atoms. The van der Waals surface area contributed by atoms with Gasteiger partial charge < -0.3 is 15.4 Å². The van der Waals surface area contributed by atoms with E-state index >= 15 is 0 Å². The largest absolute Gasteiger partial charge is 0.378 e. The van der Waals surface area contributed by atoms with Crippen LogP contribution in [0.1, 0.15) is 20.3 Å². The molecule has 20 heavy (non-hydrogen) atoms. The molecular formula is C13H23ClN4O2. The molecule has 1 atom stereocenters. The standard InChI is InChI=1S/C13H22N4O2.ClH/c1-10(2)7-17-8-12(6-15-17)16-13(18)5-11-9-19-4-3-14-11;/h6,8,10-11,14H,3-5,7,9H2,1-2H3,(H,16,18);1H. The molecule has 7 heteroatoms. The van der Waals surface area contributed by atoms with Crippen molar-refractivity contribution in [1.29, 1.82) is 0 Å². The lowest BCUT2D eigenvalue weighted by Crippen LogP contribution is -2.43. The third kappa shape index (κ3) is 5.48. The fourth-order valence-electron chi connectivity index (χ4n) is 2.09. The summed E-state index contributed by atoms with van der Waals surface area (Å²) in [6.45, 7) is 7.25. The molecule has 0 aromatic carbocycles. The van der Waals surface area contributed by atoms with Gasteiger partial charge in [-0.2, -0.15) is 5.10 Å². The van der Waals surface area contributed by atoms with Crippen molar-refractivity contribution in [2.24, 2.45) is 5.92 Å². The Morgan fingerprint density at radius 3 is 3.10 bits per heavy atom. The first-order valence-electron chi connectivity index (χ1n) is 6.77. The summed E-state index contributed by atoms with van der Waals surface area (Å²) in [5.74, 6) is 0.527. The minimum atomic E-state index is -0.00732. The highest BCUT2D eigenvalue weighted by Crippen LogP contribution is 2.08. The van der Waals surface area contributed by atoms with Crippen LogP contribution in [0.3, 0.4) is 0 Å². The number of morpholine rings is 1. The molecule has 2 rings (SSSR count). The fraction of sp³-hybridized carbons (Fsp3) is 0.692. The fourth-order valence-corrected chi connectivity index (χ4v) is 2.09. The Kier molecular flexibility index (Phi) is 6.98. The molecule has 1 saturated heterocycles. The van der Waals surface area contributed by atoms with Crippen LogP contribution in [-0.2, 0) is 16.1 Å². The molecule has 0 saturated carbocycles. The highest BCUT2D eigenvalue weighted by Gasteiger charge is 2.17. The van der Waals surface area contributed by atoms with E-state index in [4.69, 9.17) is 4.74 Å². The zero-order valence-electron chi connectivity index (χ0n) is 12.0. The molecular weight excluding hydrogens is 280 g/mol. The van der Waals surface area contributed by atoms with Crippen molar-refractivity contribution < 1.29 is 9.53 Å². The van der Waals surface area contributed by atoms with Gasteiger partial charge in [0.25, 0.3) is 0 Å². The number of carbonyl (C=O) groups is 1. The lowest BCUT2D eigenvalue weighted by Gasteiger charge is -2.23. The molecule has 1 fully saturated rings.